The van der Waals surface area contributed by atoms with Crippen LogP contribution in [-0.4, -0.2) is 26.3 Å². The zero-order valence-electron chi connectivity index (χ0n) is 9.75. The molecule has 1 aliphatic rings. The molecule has 1 aromatic rings. The standard InChI is InChI=1S/C12H16F2N2O/c1-16(7-9-3-2-4-17-9)12-10(13)5-8(15)6-11(12)14/h5-6,9H,2-4,7,15H2,1H3. The van der Waals surface area contributed by atoms with Crippen LogP contribution in [0.1, 0.15) is 12.8 Å². The number of halogens is 2. The van der Waals surface area contributed by atoms with Crippen LogP contribution in [0.5, 0.6) is 0 Å². The van der Waals surface area contributed by atoms with Gasteiger partial charge in [0.05, 0.1) is 6.10 Å². The fourth-order valence-corrected chi connectivity index (χ4v) is 2.13. The summed E-state index contributed by atoms with van der Waals surface area (Å²) in [5.41, 5.74) is 5.41. The van der Waals surface area contributed by atoms with Gasteiger partial charge in [-0.05, 0) is 25.0 Å². The van der Waals surface area contributed by atoms with Crippen LogP contribution in [0.2, 0.25) is 0 Å². The van der Waals surface area contributed by atoms with Crippen molar-refractivity contribution in [2.24, 2.45) is 0 Å². The minimum absolute atomic E-state index is 0.0466. The van der Waals surface area contributed by atoms with Crippen molar-refractivity contribution in [3.63, 3.8) is 0 Å². The van der Waals surface area contributed by atoms with E-state index in [1.165, 1.54) is 0 Å². The van der Waals surface area contributed by atoms with Gasteiger partial charge in [-0.1, -0.05) is 0 Å². The van der Waals surface area contributed by atoms with Crippen molar-refractivity contribution in [3.8, 4) is 0 Å². The molecule has 2 rings (SSSR count). The summed E-state index contributed by atoms with van der Waals surface area (Å²) in [6.07, 6.45) is 1.99. The summed E-state index contributed by atoms with van der Waals surface area (Å²) in [5.74, 6) is -1.27. The molecule has 2 N–H and O–H groups in total. The number of nitrogens with zero attached hydrogens (tertiary/aromatic N) is 1. The number of ether oxygens (including phenoxy) is 1. The first-order valence-corrected chi connectivity index (χ1v) is 5.65. The lowest BCUT2D eigenvalue weighted by Gasteiger charge is -2.23. The summed E-state index contributed by atoms with van der Waals surface area (Å²) in [6, 6.07) is 2.26. The summed E-state index contributed by atoms with van der Waals surface area (Å²) in [6.45, 7) is 1.21. The Bertz CT molecular complexity index is 382. The van der Waals surface area contributed by atoms with Crippen molar-refractivity contribution in [2.45, 2.75) is 18.9 Å². The molecule has 94 valence electrons. The minimum Gasteiger partial charge on any atom is -0.399 e. The Morgan fingerprint density at radius 1 is 1.41 bits per heavy atom. The average Bonchev–Trinajstić information content (AvgIpc) is 2.68. The van der Waals surface area contributed by atoms with Crippen LogP contribution in [0.4, 0.5) is 20.2 Å². The zero-order chi connectivity index (χ0) is 12.4. The van der Waals surface area contributed by atoms with Crippen molar-refractivity contribution in [1.82, 2.24) is 0 Å². The number of nitrogens with two attached hydrogens (primary N) is 1. The molecule has 0 aromatic heterocycles. The number of anilines is 2. The predicted octanol–water partition coefficient (Wildman–Crippen LogP) is 2.16. The van der Waals surface area contributed by atoms with Gasteiger partial charge in [-0.3, -0.25) is 0 Å². The fourth-order valence-electron chi connectivity index (χ4n) is 2.13. The second kappa shape index (κ2) is 4.87. The maximum atomic E-state index is 13.6. The largest absolute Gasteiger partial charge is 0.399 e. The van der Waals surface area contributed by atoms with E-state index in [-0.39, 0.29) is 17.5 Å². The molecule has 0 bridgehead atoms. The Morgan fingerprint density at radius 3 is 2.59 bits per heavy atom. The van der Waals surface area contributed by atoms with E-state index in [2.05, 4.69) is 0 Å². The molecule has 1 heterocycles. The highest BCUT2D eigenvalue weighted by Crippen LogP contribution is 2.26. The van der Waals surface area contributed by atoms with E-state index in [1.807, 2.05) is 0 Å². The summed E-state index contributed by atoms with van der Waals surface area (Å²) in [7, 11) is 1.65. The zero-order valence-corrected chi connectivity index (χ0v) is 9.75. The van der Waals surface area contributed by atoms with Gasteiger partial charge in [-0.2, -0.15) is 0 Å². The van der Waals surface area contributed by atoms with Gasteiger partial charge in [-0.25, -0.2) is 8.78 Å². The lowest BCUT2D eigenvalue weighted by molar-refractivity contribution is 0.116. The first-order valence-electron chi connectivity index (χ1n) is 5.65. The fraction of sp³-hybridized carbons (Fsp3) is 0.500. The predicted molar refractivity (Wildman–Crippen MR) is 63.0 cm³/mol. The molecule has 0 radical (unpaired) electrons. The lowest BCUT2D eigenvalue weighted by Crippen LogP contribution is -2.30. The number of hydrogen-bond acceptors (Lipinski definition) is 3. The van der Waals surface area contributed by atoms with Crippen LogP contribution in [-0.2, 0) is 4.74 Å². The first kappa shape index (κ1) is 12.1. The highest BCUT2D eigenvalue weighted by atomic mass is 19.1. The van der Waals surface area contributed by atoms with Gasteiger partial charge in [-0.15, -0.1) is 0 Å². The molecule has 5 heteroatoms. The van der Waals surface area contributed by atoms with Crippen molar-refractivity contribution < 1.29 is 13.5 Å². The number of rotatable bonds is 3. The first-order chi connectivity index (χ1) is 8.08. The quantitative estimate of drug-likeness (QED) is 0.825. The van der Waals surface area contributed by atoms with Crippen LogP contribution in [0, 0.1) is 11.6 Å². The molecule has 0 saturated carbocycles. The third-order valence-corrected chi connectivity index (χ3v) is 2.92. The Morgan fingerprint density at radius 2 is 2.06 bits per heavy atom. The highest BCUT2D eigenvalue weighted by molar-refractivity contribution is 5.55. The molecule has 1 fully saturated rings. The monoisotopic (exact) mass is 242 g/mol. The van der Waals surface area contributed by atoms with Crippen molar-refractivity contribution in [3.05, 3.63) is 23.8 Å². The average molecular weight is 242 g/mol. The summed E-state index contributed by atoms with van der Waals surface area (Å²) in [5, 5.41) is 0. The highest BCUT2D eigenvalue weighted by Gasteiger charge is 2.21. The third kappa shape index (κ3) is 2.66. The van der Waals surface area contributed by atoms with Gasteiger partial charge in [0, 0.05) is 25.9 Å². The smallest absolute Gasteiger partial charge is 0.151 e. The summed E-state index contributed by atoms with van der Waals surface area (Å²) in [4.78, 5) is 1.54. The Kier molecular flexibility index (Phi) is 3.47. The summed E-state index contributed by atoms with van der Waals surface area (Å²) < 4.78 is 32.7. The maximum Gasteiger partial charge on any atom is 0.151 e. The van der Waals surface area contributed by atoms with Gasteiger partial charge in [0.1, 0.15) is 5.69 Å². The van der Waals surface area contributed by atoms with Gasteiger partial charge >= 0.3 is 0 Å². The Labute approximate surface area is 99.2 Å². The third-order valence-electron chi connectivity index (χ3n) is 2.92. The Balaban J connectivity index is 2.15. The number of hydrogen-bond donors (Lipinski definition) is 1. The van der Waals surface area contributed by atoms with Crippen LogP contribution in [0.15, 0.2) is 12.1 Å². The van der Waals surface area contributed by atoms with E-state index in [4.69, 9.17) is 10.5 Å². The van der Waals surface area contributed by atoms with E-state index in [9.17, 15) is 8.78 Å². The summed E-state index contributed by atoms with van der Waals surface area (Å²) >= 11 is 0. The molecular weight excluding hydrogens is 226 g/mol. The number of nitrogen functional groups attached to an aromatic ring is 1. The van der Waals surface area contributed by atoms with Crippen molar-refractivity contribution in [1.29, 1.82) is 0 Å². The molecule has 0 amide bonds. The SMILES string of the molecule is CN(CC1CCCO1)c1c(F)cc(N)cc1F. The molecule has 1 saturated heterocycles. The maximum absolute atomic E-state index is 13.6. The lowest BCUT2D eigenvalue weighted by atomic mass is 10.2. The van der Waals surface area contributed by atoms with Crippen LogP contribution < -0.4 is 10.6 Å². The molecule has 17 heavy (non-hydrogen) atoms. The van der Waals surface area contributed by atoms with Crippen LogP contribution in [0.3, 0.4) is 0 Å². The van der Waals surface area contributed by atoms with E-state index in [1.54, 1.807) is 11.9 Å². The molecule has 1 atom stereocenters. The topological polar surface area (TPSA) is 38.5 Å². The second-order valence-corrected chi connectivity index (χ2v) is 4.35. The molecule has 1 unspecified atom stereocenters. The van der Waals surface area contributed by atoms with Crippen molar-refractivity contribution >= 4 is 11.4 Å². The van der Waals surface area contributed by atoms with Crippen LogP contribution >= 0.6 is 0 Å². The second-order valence-electron chi connectivity index (χ2n) is 4.35. The van der Waals surface area contributed by atoms with Gasteiger partial charge < -0.3 is 15.4 Å². The molecular formula is C12H16F2N2O. The van der Waals surface area contributed by atoms with E-state index >= 15 is 0 Å². The normalized spacial score (nSPS) is 19.6. The Hall–Kier alpha value is -1.36. The van der Waals surface area contributed by atoms with Gasteiger partial charge in [0.2, 0.25) is 0 Å². The van der Waals surface area contributed by atoms with Gasteiger partial charge in [0.15, 0.2) is 11.6 Å². The number of benzene rings is 1. The molecule has 1 aromatic carbocycles. The van der Waals surface area contributed by atoms with E-state index in [0.717, 1.165) is 31.6 Å². The van der Waals surface area contributed by atoms with Crippen LogP contribution in [0.25, 0.3) is 0 Å². The minimum atomic E-state index is -0.636. The molecule has 3 nitrogen and oxygen atoms in total. The molecule has 1 aliphatic heterocycles. The molecule has 0 spiro atoms. The van der Waals surface area contributed by atoms with Crippen molar-refractivity contribution in [2.75, 3.05) is 30.8 Å². The molecule has 0 aliphatic carbocycles. The number of likely N-dealkylation sites (N-methyl/N-ethyl adjacent to an activating group) is 1. The van der Waals surface area contributed by atoms with E-state index in [0.29, 0.717) is 6.54 Å². The van der Waals surface area contributed by atoms with E-state index < -0.39 is 11.6 Å². The van der Waals surface area contributed by atoms with Gasteiger partial charge in [0.25, 0.3) is 0 Å².